The fraction of sp³-hybridized carbons (Fsp3) is 0.250. The van der Waals surface area contributed by atoms with Gasteiger partial charge in [0.25, 0.3) is 5.91 Å². The van der Waals surface area contributed by atoms with E-state index in [4.69, 9.17) is 0 Å². The van der Waals surface area contributed by atoms with Crippen LogP contribution in [0, 0.1) is 12.7 Å². The summed E-state index contributed by atoms with van der Waals surface area (Å²) in [5, 5.41) is 8.01. The van der Waals surface area contributed by atoms with E-state index in [9.17, 15) is 18.8 Å². The molecule has 1 aromatic heterocycles. The Kier molecular flexibility index (Phi) is 6.58. The first kappa shape index (κ1) is 23.0. The number of halogens is 1. The average Bonchev–Trinajstić information content (AvgIpc) is 3.42. The van der Waals surface area contributed by atoms with Crippen LogP contribution in [0.15, 0.2) is 48.5 Å². The highest BCUT2D eigenvalue weighted by atomic mass is 19.1. The number of rotatable bonds is 2. The standard InChI is InChI=1S/C17H18N6O3.C7H7F/c1-18-16(25)15-20-14(12-8-19-13(24)9-23(12)15)21-17(26)22-7-6-10-4-2-3-5-11(10)22;1-6-2-4-7(8)5-3-6/h2-5H,6-9H2,1H3,(H,18,25)(H,19,24)(H,21,26);2-5H,1H3. The molecule has 3 N–H and O–H groups in total. The fourth-order valence-corrected chi connectivity index (χ4v) is 3.85. The van der Waals surface area contributed by atoms with Crippen LogP contribution in [0.2, 0.25) is 0 Å². The zero-order valence-electron chi connectivity index (χ0n) is 18.9. The first-order valence-corrected chi connectivity index (χ1v) is 10.8. The topological polar surface area (TPSA) is 108 Å². The van der Waals surface area contributed by atoms with E-state index < -0.39 is 5.91 Å². The molecule has 3 aromatic rings. The maximum Gasteiger partial charge on any atom is 0.327 e. The maximum absolute atomic E-state index is 12.8. The molecule has 9 nitrogen and oxygen atoms in total. The second-order valence-electron chi connectivity index (χ2n) is 7.93. The summed E-state index contributed by atoms with van der Waals surface area (Å²) in [6, 6.07) is 13.8. The van der Waals surface area contributed by atoms with Gasteiger partial charge < -0.3 is 15.2 Å². The van der Waals surface area contributed by atoms with E-state index >= 15 is 0 Å². The van der Waals surface area contributed by atoms with E-state index in [0.29, 0.717) is 12.2 Å². The molecule has 0 saturated heterocycles. The highest BCUT2D eigenvalue weighted by Gasteiger charge is 2.30. The maximum atomic E-state index is 12.8. The number of benzene rings is 2. The van der Waals surface area contributed by atoms with Gasteiger partial charge in [-0.15, -0.1) is 0 Å². The number of fused-ring (bicyclic) bond motifs is 2. The quantitative estimate of drug-likeness (QED) is 0.542. The third-order valence-corrected chi connectivity index (χ3v) is 5.63. The van der Waals surface area contributed by atoms with E-state index in [2.05, 4.69) is 20.9 Å². The molecule has 0 bridgehead atoms. The van der Waals surface area contributed by atoms with Crippen LogP contribution in [-0.2, 0) is 24.3 Å². The molecule has 10 heteroatoms. The van der Waals surface area contributed by atoms with Crippen LogP contribution in [0.5, 0.6) is 0 Å². The molecule has 3 heterocycles. The van der Waals surface area contributed by atoms with Gasteiger partial charge in [-0.1, -0.05) is 35.9 Å². The lowest BCUT2D eigenvalue weighted by atomic mass is 10.2. The number of aryl methyl sites for hydroxylation is 1. The zero-order chi connectivity index (χ0) is 24.2. The number of amides is 4. The van der Waals surface area contributed by atoms with E-state index in [1.807, 2.05) is 31.2 Å². The third kappa shape index (κ3) is 4.75. The average molecular weight is 465 g/mol. The van der Waals surface area contributed by atoms with Crippen molar-refractivity contribution < 1.29 is 18.8 Å². The summed E-state index contributed by atoms with van der Waals surface area (Å²) in [5.74, 6) is -0.387. The summed E-state index contributed by atoms with van der Waals surface area (Å²) in [5.41, 5.74) is 3.68. The minimum atomic E-state index is -0.409. The Morgan fingerprint density at radius 3 is 2.56 bits per heavy atom. The molecule has 5 rings (SSSR count). The van der Waals surface area contributed by atoms with Crippen molar-refractivity contribution in [2.45, 2.75) is 26.4 Å². The van der Waals surface area contributed by atoms with E-state index in [-0.39, 0.29) is 42.5 Å². The van der Waals surface area contributed by atoms with Crippen LogP contribution in [0.1, 0.15) is 27.4 Å². The molecule has 0 spiro atoms. The second kappa shape index (κ2) is 9.74. The molecule has 2 aliphatic rings. The van der Waals surface area contributed by atoms with Crippen LogP contribution in [0.4, 0.5) is 20.7 Å². The van der Waals surface area contributed by atoms with Crippen molar-refractivity contribution in [3.05, 3.63) is 77.0 Å². The molecule has 2 aliphatic heterocycles. The molecule has 4 amide bonds. The van der Waals surface area contributed by atoms with Crippen LogP contribution in [-0.4, -0.2) is 41.0 Å². The van der Waals surface area contributed by atoms with Gasteiger partial charge in [0.05, 0.1) is 12.2 Å². The van der Waals surface area contributed by atoms with Crippen LogP contribution < -0.4 is 20.9 Å². The number of hydrogen-bond acceptors (Lipinski definition) is 4. The Bertz CT molecular complexity index is 1220. The number of anilines is 2. The van der Waals surface area contributed by atoms with Crippen LogP contribution in [0.3, 0.4) is 0 Å². The smallest absolute Gasteiger partial charge is 0.327 e. The first-order valence-electron chi connectivity index (χ1n) is 10.8. The van der Waals surface area contributed by atoms with Gasteiger partial charge in [0.15, 0.2) is 5.82 Å². The lowest BCUT2D eigenvalue weighted by Gasteiger charge is -2.20. The molecule has 0 fully saturated rings. The first-order chi connectivity index (χ1) is 16.4. The molecule has 2 aromatic carbocycles. The minimum absolute atomic E-state index is 0.00644. The number of para-hydroxylation sites is 1. The van der Waals surface area contributed by atoms with Crippen LogP contribution in [0.25, 0.3) is 0 Å². The number of aromatic nitrogens is 2. The lowest BCUT2D eigenvalue weighted by molar-refractivity contribution is -0.122. The van der Waals surface area contributed by atoms with E-state index in [1.165, 1.54) is 23.7 Å². The van der Waals surface area contributed by atoms with E-state index in [0.717, 1.165) is 23.2 Å². The number of hydrogen-bond donors (Lipinski definition) is 3. The number of urea groups is 1. The molecule has 0 aliphatic carbocycles. The van der Waals surface area contributed by atoms with Crippen molar-refractivity contribution in [3.8, 4) is 0 Å². The van der Waals surface area contributed by atoms with Crippen molar-refractivity contribution in [3.63, 3.8) is 0 Å². The predicted molar refractivity (Wildman–Crippen MR) is 125 cm³/mol. The number of carbonyl (C=O) groups excluding carboxylic acids is 3. The summed E-state index contributed by atoms with van der Waals surface area (Å²) in [6.45, 7) is 2.71. The predicted octanol–water partition coefficient (Wildman–Crippen LogP) is 2.60. The summed E-state index contributed by atoms with van der Waals surface area (Å²) in [4.78, 5) is 42.4. The van der Waals surface area contributed by atoms with Crippen molar-refractivity contribution >= 4 is 29.4 Å². The largest absolute Gasteiger partial charge is 0.352 e. The van der Waals surface area contributed by atoms with Crippen molar-refractivity contribution in [1.29, 1.82) is 0 Å². The van der Waals surface area contributed by atoms with Gasteiger partial charge in [-0.05, 0) is 37.1 Å². The number of imidazole rings is 1. The fourth-order valence-electron chi connectivity index (χ4n) is 3.85. The van der Waals surface area contributed by atoms with Crippen molar-refractivity contribution in [2.75, 3.05) is 23.8 Å². The molecule has 34 heavy (non-hydrogen) atoms. The van der Waals surface area contributed by atoms with Crippen molar-refractivity contribution in [1.82, 2.24) is 20.2 Å². The summed E-state index contributed by atoms with van der Waals surface area (Å²) in [7, 11) is 1.49. The van der Waals surface area contributed by atoms with Crippen molar-refractivity contribution in [2.24, 2.45) is 0 Å². The van der Waals surface area contributed by atoms with Gasteiger partial charge >= 0.3 is 6.03 Å². The minimum Gasteiger partial charge on any atom is -0.352 e. The molecule has 0 saturated carbocycles. The molecule has 176 valence electrons. The Balaban J connectivity index is 0.000000291. The normalized spacial score (nSPS) is 13.7. The molecular weight excluding hydrogens is 439 g/mol. The zero-order valence-corrected chi connectivity index (χ0v) is 18.9. The highest BCUT2D eigenvalue weighted by Crippen LogP contribution is 2.28. The van der Waals surface area contributed by atoms with Gasteiger partial charge in [0, 0.05) is 19.3 Å². The Morgan fingerprint density at radius 1 is 1.12 bits per heavy atom. The van der Waals surface area contributed by atoms with Gasteiger partial charge in [-0.3, -0.25) is 19.8 Å². The molecular formula is C24H25FN6O3. The van der Waals surface area contributed by atoms with E-state index in [1.54, 1.807) is 17.0 Å². The van der Waals surface area contributed by atoms with Gasteiger partial charge in [-0.25, -0.2) is 14.2 Å². The van der Waals surface area contributed by atoms with Gasteiger partial charge in [0.1, 0.15) is 12.4 Å². The Labute approximate surface area is 196 Å². The monoisotopic (exact) mass is 464 g/mol. The molecule has 0 unspecified atom stereocenters. The van der Waals surface area contributed by atoms with Gasteiger partial charge in [-0.2, -0.15) is 0 Å². The number of nitrogens with one attached hydrogen (secondary N) is 3. The number of nitrogens with zero attached hydrogens (tertiary/aromatic N) is 3. The Morgan fingerprint density at radius 2 is 1.85 bits per heavy atom. The summed E-state index contributed by atoms with van der Waals surface area (Å²) >= 11 is 0. The molecule has 0 radical (unpaired) electrons. The van der Waals surface area contributed by atoms with Crippen LogP contribution >= 0.6 is 0 Å². The number of carbonyl (C=O) groups is 3. The summed E-state index contributed by atoms with van der Waals surface area (Å²) < 4.78 is 13.6. The highest BCUT2D eigenvalue weighted by molar-refractivity contribution is 6.03. The molecule has 0 atom stereocenters. The lowest BCUT2D eigenvalue weighted by Crippen LogP contribution is -2.37. The Hall–Kier alpha value is -4.21. The third-order valence-electron chi connectivity index (χ3n) is 5.63. The second-order valence-corrected chi connectivity index (χ2v) is 7.93. The SMILES string of the molecule is CNC(=O)c1nc(NC(=O)N2CCc3ccccc32)c2n1CC(=O)NC2.Cc1ccc(F)cc1. The van der Waals surface area contributed by atoms with Gasteiger partial charge in [0.2, 0.25) is 11.7 Å². The summed E-state index contributed by atoms with van der Waals surface area (Å²) in [6.07, 6.45) is 0.796.